The molecule has 0 radical (unpaired) electrons. The molecule has 0 spiro atoms. The Morgan fingerprint density at radius 2 is 1.22 bits per heavy atom. The highest BCUT2D eigenvalue weighted by molar-refractivity contribution is 5.76. The van der Waals surface area contributed by atoms with E-state index in [0.717, 1.165) is 57.8 Å². The van der Waals surface area contributed by atoms with Crippen LogP contribution >= 0.6 is 0 Å². The predicted octanol–water partition coefficient (Wildman–Crippen LogP) is 7.27. The van der Waals surface area contributed by atoms with Crippen LogP contribution in [0, 0.1) is 0 Å². The zero-order valence-electron chi connectivity index (χ0n) is 31.8. The van der Waals surface area contributed by atoms with Crippen molar-refractivity contribution in [2.45, 2.75) is 185 Å². The monoisotopic (exact) mass is 720 g/mol. The second-order valence-corrected chi connectivity index (χ2v) is 13.7. The SMILES string of the molecule is CC/C=C\C/C=C\C/C=C\C/C=C\CCCCCCCCCCCCCCC(=O)NC(COC1OC(CO)C(O)C(O)C1O)C(O)/C=C/CCC. The Morgan fingerprint density at radius 1 is 0.686 bits per heavy atom. The standard InChI is InChI=1S/C42H73NO8/c1-3-5-7-8-9-10-11-12-13-14-15-16-17-18-19-20-21-22-23-24-25-26-27-28-30-32-38(46)43-35(36(45)31-29-6-4-2)34-50-42-41(49)40(48)39(47)37(33-44)51-42/h5,7,9-10,12-13,15-16,29,31,35-37,39-42,44-45,47-49H,3-4,6,8,11,14,17-28,30,32-34H2,1-2H3,(H,43,46)/b7-5-,10-9-,13-12-,16-15-,31-29+. The first kappa shape index (κ1) is 46.9. The first-order valence-electron chi connectivity index (χ1n) is 20.0. The van der Waals surface area contributed by atoms with E-state index in [0.29, 0.717) is 6.42 Å². The van der Waals surface area contributed by atoms with Gasteiger partial charge in [-0.25, -0.2) is 0 Å². The maximum absolute atomic E-state index is 12.7. The second kappa shape index (κ2) is 32.5. The van der Waals surface area contributed by atoms with Crippen LogP contribution in [0.2, 0.25) is 0 Å². The summed E-state index contributed by atoms with van der Waals surface area (Å²) in [5.74, 6) is -0.196. The van der Waals surface area contributed by atoms with Crippen molar-refractivity contribution in [1.29, 1.82) is 0 Å². The number of hydrogen-bond donors (Lipinski definition) is 6. The average Bonchev–Trinajstić information content (AvgIpc) is 3.13. The molecule has 1 rings (SSSR count). The van der Waals surface area contributed by atoms with Crippen LogP contribution in [0.15, 0.2) is 60.8 Å². The largest absolute Gasteiger partial charge is 0.394 e. The van der Waals surface area contributed by atoms with Gasteiger partial charge in [0.05, 0.1) is 25.4 Å². The number of amides is 1. The number of allylic oxidation sites excluding steroid dienone is 9. The van der Waals surface area contributed by atoms with Crippen LogP contribution in [0.4, 0.5) is 0 Å². The lowest BCUT2D eigenvalue weighted by atomic mass is 9.99. The lowest BCUT2D eigenvalue weighted by Crippen LogP contribution is -2.60. The number of carbonyl (C=O) groups is 1. The summed E-state index contributed by atoms with van der Waals surface area (Å²) in [6.45, 7) is 3.42. The molecule has 0 aromatic carbocycles. The van der Waals surface area contributed by atoms with E-state index in [1.54, 1.807) is 6.08 Å². The van der Waals surface area contributed by atoms with Crippen molar-refractivity contribution in [3.8, 4) is 0 Å². The van der Waals surface area contributed by atoms with E-state index in [-0.39, 0.29) is 12.5 Å². The molecule has 7 atom stereocenters. The molecule has 0 saturated carbocycles. The van der Waals surface area contributed by atoms with Gasteiger partial charge in [-0.05, 0) is 51.4 Å². The summed E-state index contributed by atoms with van der Waals surface area (Å²) < 4.78 is 11.0. The average molecular weight is 720 g/mol. The predicted molar refractivity (Wildman–Crippen MR) is 207 cm³/mol. The molecule has 1 saturated heterocycles. The first-order chi connectivity index (χ1) is 24.8. The van der Waals surface area contributed by atoms with Crippen molar-refractivity contribution in [3.05, 3.63) is 60.8 Å². The Kier molecular flexibility index (Phi) is 29.9. The number of aliphatic hydroxyl groups is 5. The number of carbonyl (C=O) groups excluding carboxylic acids is 1. The van der Waals surface area contributed by atoms with Crippen molar-refractivity contribution in [3.63, 3.8) is 0 Å². The van der Waals surface area contributed by atoms with Gasteiger partial charge < -0.3 is 40.3 Å². The topological polar surface area (TPSA) is 149 Å². The molecule has 1 aliphatic rings. The molecular weight excluding hydrogens is 646 g/mol. The molecule has 9 nitrogen and oxygen atoms in total. The fraction of sp³-hybridized carbons (Fsp3) is 0.738. The molecule has 0 aliphatic carbocycles. The minimum Gasteiger partial charge on any atom is -0.394 e. The summed E-state index contributed by atoms with van der Waals surface area (Å²) in [7, 11) is 0. The van der Waals surface area contributed by atoms with Crippen molar-refractivity contribution in [1.82, 2.24) is 5.32 Å². The van der Waals surface area contributed by atoms with E-state index >= 15 is 0 Å². The summed E-state index contributed by atoms with van der Waals surface area (Å²) in [6.07, 6.45) is 35.1. The highest BCUT2D eigenvalue weighted by Crippen LogP contribution is 2.22. The molecule has 294 valence electrons. The van der Waals surface area contributed by atoms with Crippen LogP contribution < -0.4 is 5.32 Å². The lowest BCUT2D eigenvalue weighted by molar-refractivity contribution is -0.302. The molecule has 9 heteroatoms. The summed E-state index contributed by atoms with van der Waals surface area (Å²) in [4.78, 5) is 12.7. The van der Waals surface area contributed by atoms with E-state index in [1.165, 1.54) is 64.2 Å². The van der Waals surface area contributed by atoms with E-state index in [1.807, 2.05) is 13.0 Å². The molecule has 0 aromatic rings. The molecule has 0 bridgehead atoms. The normalized spacial score (nSPS) is 22.7. The zero-order valence-corrected chi connectivity index (χ0v) is 31.8. The van der Waals surface area contributed by atoms with Crippen molar-refractivity contribution in [2.24, 2.45) is 0 Å². The highest BCUT2D eigenvalue weighted by atomic mass is 16.7. The van der Waals surface area contributed by atoms with Crippen LogP contribution in [0.25, 0.3) is 0 Å². The molecule has 7 unspecified atom stereocenters. The Balaban J connectivity index is 2.12. The number of rotatable bonds is 31. The van der Waals surface area contributed by atoms with Gasteiger partial charge in [-0.15, -0.1) is 0 Å². The number of hydrogen-bond acceptors (Lipinski definition) is 8. The quantitative estimate of drug-likeness (QED) is 0.0324. The number of nitrogens with one attached hydrogen (secondary N) is 1. The van der Waals surface area contributed by atoms with Gasteiger partial charge in [0.15, 0.2) is 6.29 Å². The summed E-state index contributed by atoms with van der Waals surface area (Å²) in [5.41, 5.74) is 0. The zero-order chi connectivity index (χ0) is 37.4. The minimum absolute atomic E-state index is 0.196. The third kappa shape index (κ3) is 24.0. The molecule has 6 N–H and O–H groups in total. The molecule has 0 aromatic heterocycles. The fourth-order valence-electron chi connectivity index (χ4n) is 5.86. The Hall–Kier alpha value is -2.11. The first-order valence-corrected chi connectivity index (χ1v) is 20.0. The number of ether oxygens (including phenoxy) is 2. The minimum atomic E-state index is -1.56. The van der Waals surface area contributed by atoms with Gasteiger partial charge in [-0.1, -0.05) is 145 Å². The van der Waals surface area contributed by atoms with Crippen LogP contribution in [-0.4, -0.2) is 87.5 Å². The Morgan fingerprint density at radius 3 is 1.76 bits per heavy atom. The van der Waals surface area contributed by atoms with E-state index < -0.39 is 49.5 Å². The van der Waals surface area contributed by atoms with E-state index in [2.05, 4.69) is 60.8 Å². The number of unbranched alkanes of at least 4 members (excludes halogenated alkanes) is 13. The van der Waals surface area contributed by atoms with Gasteiger partial charge in [0.25, 0.3) is 0 Å². The van der Waals surface area contributed by atoms with Crippen molar-refractivity contribution in [2.75, 3.05) is 13.2 Å². The van der Waals surface area contributed by atoms with Gasteiger partial charge in [0.1, 0.15) is 24.4 Å². The van der Waals surface area contributed by atoms with E-state index in [4.69, 9.17) is 9.47 Å². The Labute approximate surface area is 309 Å². The fourth-order valence-corrected chi connectivity index (χ4v) is 5.86. The van der Waals surface area contributed by atoms with E-state index in [9.17, 15) is 30.3 Å². The molecule has 1 heterocycles. The van der Waals surface area contributed by atoms with Crippen molar-refractivity contribution < 1.29 is 39.8 Å². The maximum atomic E-state index is 12.7. The van der Waals surface area contributed by atoms with Crippen molar-refractivity contribution >= 4 is 5.91 Å². The summed E-state index contributed by atoms with van der Waals surface area (Å²) >= 11 is 0. The summed E-state index contributed by atoms with van der Waals surface area (Å²) in [6, 6.07) is -0.802. The van der Waals surface area contributed by atoms with Gasteiger partial charge in [0, 0.05) is 6.42 Å². The van der Waals surface area contributed by atoms with Gasteiger partial charge in [-0.2, -0.15) is 0 Å². The number of aliphatic hydroxyl groups excluding tert-OH is 5. The Bertz CT molecular complexity index is 978. The molecule has 1 amide bonds. The molecule has 1 aliphatic heterocycles. The maximum Gasteiger partial charge on any atom is 0.220 e. The smallest absolute Gasteiger partial charge is 0.220 e. The lowest BCUT2D eigenvalue weighted by Gasteiger charge is -2.40. The molecule has 51 heavy (non-hydrogen) atoms. The van der Waals surface area contributed by atoms with Gasteiger partial charge >= 0.3 is 0 Å². The van der Waals surface area contributed by atoms with Crippen LogP contribution in [0.5, 0.6) is 0 Å². The molecular formula is C42H73NO8. The summed E-state index contributed by atoms with van der Waals surface area (Å²) in [5, 5.41) is 53.3. The van der Waals surface area contributed by atoms with Crippen LogP contribution in [0.3, 0.4) is 0 Å². The van der Waals surface area contributed by atoms with Crippen LogP contribution in [-0.2, 0) is 14.3 Å². The van der Waals surface area contributed by atoms with Gasteiger partial charge in [0.2, 0.25) is 5.91 Å². The third-order valence-electron chi connectivity index (χ3n) is 9.08. The van der Waals surface area contributed by atoms with Crippen LogP contribution in [0.1, 0.15) is 142 Å². The molecule has 1 fully saturated rings. The third-order valence-corrected chi connectivity index (χ3v) is 9.08. The van der Waals surface area contributed by atoms with Gasteiger partial charge in [-0.3, -0.25) is 4.79 Å². The second-order valence-electron chi connectivity index (χ2n) is 13.7. The highest BCUT2D eigenvalue weighted by Gasteiger charge is 2.44.